The van der Waals surface area contributed by atoms with Gasteiger partial charge in [-0.3, -0.25) is 0 Å². The summed E-state index contributed by atoms with van der Waals surface area (Å²) >= 11 is 0. The lowest BCUT2D eigenvalue weighted by atomic mass is 9.88. The van der Waals surface area contributed by atoms with Crippen LogP contribution in [0.2, 0.25) is 0 Å². The molecule has 0 aromatic heterocycles. The van der Waals surface area contributed by atoms with E-state index in [4.69, 9.17) is 0 Å². The van der Waals surface area contributed by atoms with E-state index in [9.17, 15) is 9.50 Å². The number of hydrogen-bond donors (Lipinski definition) is 1. The minimum absolute atomic E-state index is 0.0619. The molecule has 2 heteroatoms. The molecular formula is C12H17FO. The molecule has 1 aromatic rings. The van der Waals surface area contributed by atoms with Crippen molar-refractivity contribution in [3.63, 3.8) is 0 Å². The van der Waals surface area contributed by atoms with Gasteiger partial charge < -0.3 is 5.11 Å². The van der Waals surface area contributed by atoms with Gasteiger partial charge in [-0.2, -0.15) is 0 Å². The first-order chi connectivity index (χ1) is 6.54. The zero-order chi connectivity index (χ0) is 10.7. The van der Waals surface area contributed by atoms with E-state index >= 15 is 0 Å². The Labute approximate surface area is 84.6 Å². The van der Waals surface area contributed by atoms with Gasteiger partial charge in [-0.05, 0) is 17.9 Å². The van der Waals surface area contributed by atoms with Crippen LogP contribution in [0.1, 0.15) is 32.4 Å². The highest BCUT2D eigenvalue weighted by Crippen LogP contribution is 2.28. The van der Waals surface area contributed by atoms with Crippen LogP contribution in [-0.4, -0.2) is 5.11 Å². The van der Waals surface area contributed by atoms with Gasteiger partial charge in [0.25, 0.3) is 0 Å². The lowest BCUT2D eigenvalue weighted by Crippen LogP contribution is -2.16. The van der Waals surface area contributed by atoms with E-state index in [1.165, 1.54) is 6.07 Å². The van der Waals surface area contributed by atoms with Crippen molar-refractivity contribution in [2.24, 2.45) is 11.8 Å². The number of aliphatic hydroxyl groups excluding tert-OH is 1. The second kappa shape index (κ2) is 4.56. The van der Waals surface area contributed by atoms with Gasteiger partial charge in [0.2, 0.25) is 0 Å². The first kappa shape index (κ1) is 11.2. The fraction of sp³-hybridized carbons (Fsp3) is 0.500. The monoisotopic (exact) mass is 196 g/mol. The van der Waals surface area contributed by atoms with Gasteiger partial charge >= 0.3 is 0 Å². The highest BCUT2D eigenvalue weighted by molar-refractivity contribution is 5.20. The topological polar surface area (TPSA) is 20.2 Å². The van der Waals surface area contributed by atoms with E-state index in [1.54, 1.807) is 18.2 Å². The standard InChI is InChI=1S/C12H17FO/c1-8(2)9(3)12(14)10-6-4-5-7-11(10)13/h4-9,12,14H,1-3H3. The molecule has 2 unspecified atom stereocenters. The zero-order valence-corrected chi connectivity index (χ0v) is 8.87. The van der Waals surface area contributed by atoms with Crippen LogP contribution in [0.15, 0.2) is 24.3 Å². The van der Waals surface area contributed by atoms with E-state index < -0.39 is 6.10 Å². The van der Waals surface area contributed by atoms with Gasteiger partial charge in [0.05, 0.1) is 6.10 Å². The average molecular weight is 196 g/mol. The van der Waals surface area contributed by atoms with Crippen molar-refractivity contribution < 1.29 is 9.50 Å². The number of hydrogen-bond acceptors (Lipinski definition) is 1. The third-order valence-electron chi connectivity index (χ3n) is 2.77. The maximum atomic E-state index is 13.3. The highest BCUT2D eigenvalue weighted by atomic mass is 19.1. The third-order valence-corrected chi connectivity index (χ3v) is 2.77. The Hall–Kier alpha value is -0.890. The van der Waals surface area contributed by atoms with Gasteiger partial charge in [-0.15, -0.1) is 0 Å². The highest BCUT2D eigenvalue weighted by Gasteiger charge is 2.21. The minimum atomic E-state index is -0.712. The van der Waals surface area contributed by atoms with Crippen molar-refractivity contribution >= 4 is 0 Å². The maximum Gasteiger partial charge on any atom is 0.129 e. The Morgan fingerprint density at radius 1 is 1.14 bits per heavy atom. The molecule has 1 aromatic carbocycles. The maximum absolute atomic E-state index is 13.3. The van der Waals surface area contributed by atoms with Crippen molar-refractivity contribution in [2.75, 3.05) is 0 Å². The summed E-state index contributed by atoms with van der Waals surface area (Å²) in [6.45, 7) is 5.98. The van der Waals surface area contributed by atoms with Crippen molar-refractivity contribution in [1.82, 2.24) is 0 Å². The van der Waals surface area contributed by atoms with Crippen molar-refractivity contribution in [2.45, 2.75) is 26.9 Å². The first-order valence-corrected chi connectivity index (χ1v) is 4.96. The predicted molar refractivity (Wildman–Crippen MR) is 55.4 cm³/mol. The van der Waals surface area contributed by atoms with E-state index in [0.29, 0.717) is 11.5 Å². The zero-order valence-electron chi connectivity index (χ0n) is 8.87. The molecule has 1 rings (SSSR count). The van der Waals surface area contributed by atoms with Gasteiger partial charge in [0.1, 0.15) is 5.82 Å². The molecule has 78 valence electrons. The molecule has 0 spiro atoms. The summed E-state index contributed by atoms with van der Waals surface area (Å²) in [6, 6.07) is 6.39. The lowest BCUT2D eigenvalue weighted by Gasteiger charge is -2.22. The van der Waals surface area contributed by atoms with E-state index in [2.05, 4.69) is 0 Å². The Balaban J connectivity index is 2.89. The molecule has 0 radical (unpaired) electrons. The molecule has 0 saturated carbocycles. The summed E-state index contributed by atoms with van der Waals surface area (Å²) in [4.78, 5) is 0. The molecule has 0 heterocycles. The molecule has 14 heavy (non-hydrogen) atoms. The molecule has 0 aliphatic carbocycles. The molecule has 0 saturated heterocycles. The number of halogens is 1. The summed E-state index contributed by atoms with van der Waals surface area (Å²) in [5.41, 5.74) is 0.397. The molecule has 0 bridgehead atoms. The molecule has 0 fully saturated rings. The van der Waals surface area contributed by atoms with Gasteiger partial charge in [-0.25, -0.2) is 4.39 Å². The summed E-state index contributed by atoms with van der Waals surface area (Å²) in [5.74, 6) is 0.0732. The molecule has 0 aliphatic rings. The van der Waals surface area contributed by atoms with Crippen LogP contribution in [0, 0.1) is 17.7 Å². The second-order valence-electron chi connectivity index (χ2n) is 4.07. The molecule has 1 N–H and O–H groups in total. The fourth-order valence-electron chi connectivity index (χ4n) is 1.36. The van der Waals surface area contributed by atoms with Crippen molar-refractivity contribution in [1.29, 1.82) is 0 Å². The number of aliphatic hydroxyl groups is 1. The average Bonchev–Trinajstić information content (AvgIpc) is 2.16. The quantitative estimate of drug-likeness (QED) is 0.787. The summed E-state index contributed by atoms with van der Waals surface area (Å²) in [5, 5.41) is 9.90. The Morgan fingerprint density at radius 3 is 2.21 bits per heavy atom. The van der Waals surface area contributed by atoms with Crippen LogP contribution in [-0.2, 0) is 0 Å². The van der Waals surface area contributed by atoms with Gasteiger partial charge in [0, 0.05) is 5.56 Å². The Kier molecular flexibility index (Phi) is 3.64. The summed E-state index contributed by atoms with van der Waals surface area (Å²) < 4.78 is 13.3. The largest absolute Gasteiger partial charge is 0.388 e. The van der Waals surface area contributed by atoms with Crippen LogP contribution >= 0.6 is 0 Å². The Bertz CT molecular complexity index is 296. The predicted octanol–water partition coefficient (Wildman–Crippen LogP) is 3.15. The van der Waals surface area contributed by atoms with Crippen LogP contribution in [0.5, 0.6) is 0 Å². The molecule has 2 atom stereocenters. The summed E-state index contributed by atoms with van der Waals surface area (Å²) in [6.07, 6.45) is -0.712. The van der Waals surface area contributed by atoms with E-state index in [-0.39, 0.29) is 11.7 Å². The van der Waals surface area contributed by atoms with Crippen molar-refractivity contribution in [3.8, 4) is 0 Å². The minimum Gasteiger partial charge on any atom is -0.388 e. The molecular weight excluding hydrogens is 179 g/mol. The molecule has 0 aliphatic heterocycles. The van der Waals surface area contributed by atoms with Crippen LogP contribution in [0.25, 0.3) is 0 Å². The Morgan fingerprint density at radius 2 is 1.71 bits per heavy atom. The van der Waals surface area contributed by atoms with E-state index in [1.807, 2.05) is 20.8 Å². The first-order valence-electron chi connectivity index (χ1n) is 4.96. The fourth-order valence-corrected chi connectivity index (χ4v) is 1.36. The van der Waals surface area contributed by atoms with Crippen LogP contribution in [0.3, 0.4) is 0 Å². The van der Waals surface area contributed by atoms with Crippen LogP contribution in [0.4, 0.5) is 4.39 Å². The number of rotatable bonds is 3. The summed E-state index contributed by atoms with van der Waals surface area (Å²) in [7, 11) is 0. The molecule has 0 amide bonds. The lowest BCUT2D eigenvalue weighted by molar-refractivity contribution is 0.0887. The SMILES string of the molecule is CC(C)C(C)C(O)c1ccccc1F. The van der Waals surface area contributed by atoms with Gasteiger partial charge in [0.15, 0.2) is 0 Å². The number of benzene rings is 1. The second-order valence-corrected chi connectivity index (χ2v) is 4.07. The molecule has 1 nitrogen and oxygen atoms in total. The third kappa shape index (κ3) is 2.32. The van der Waals surface area contributed by atoms with E-state index in [0.717, 1.165) is 0 Å². The van der Waals surface area contributed by atoms with Crippen molar-refractivity contribution in [3.05, 3.63) is 35.6 Å². The van der Waals surface area contributed by atoms with Crippen LogP contribution < -0.4 is 0 Å². The normalized spacial score (nSPS) is 15.6. The van der Waals surface area contributed by atoms with Gasteiger partial charge in [-0.1, -0.05) is 39.0 Å². The smallest absolute Gasteiger partial charge is 0.129 e.